The zero-order chi connectivity index (χ0) is 17.6. The third-order valence-electron chi connectivity index (χ3n) is 5.55. The number of amides is 1. The van der Waals surface area contributed by atoms with Gasteiger partial charge >= 0.3 is 0 Å². The van der Waals surface area contributed by atoms with E-state index in [9.17, 15) is 4.79 Å². The number of nitrogens with zero attached hydrogens (tertiary/aromatic N) is 5. The van der Waals surface area contributed by atoms with Crippen molar-refractivity contribution in [1.29, 1.82) is 0 Å². The van der Waals surface area contributed by atoms with Crippen LogP contribution in [0.3, 0.4) is 0 Å². The van der Waals surface area contributed by atoms with E-state index < -0.39 is 0 Å². The van der Waals surface area contributed by atoms with Crippen molar-refractivity contribution in [3.8, 4) is 0 Å². The van der Waals surface area contributed by atoms with Gasteiger partial charge in [0.05, 0.1) is 18.7 Å². The zero-order valence-electron chi connectivity index (χ0n) is 15.1. The second-order valence-electron chi connectivity index (χ2n) is 7.30. The van der Waals surface area contributed by atoms with Crippen LogP contribution in [-0.2, 0) is 11.3 Å². The highest BCUT2D eigenvalue weighted by atomic mass is 16.2. The maximum atomic E-state index is 12.8. The van der Waals surface area contributed by atoms with Gasteiger partial charge in [0.2, 0.25) is 5.91 Å². The van der Waals surface area contributed by atoms with E-state index in [1.54, 1.807) is 6.33 Å². The molecule has 1 aromatic heterocycles. The van der Waals surface area contributed by atoms with Crippen LogP contribution in [0.5, 0.6) is 0 Å². The third-order valence-corrected chi connectivity index (χ3v) is 5.55. The number of fused-ring (bicyclic) bond motifs is 1. The molecule has 3 atom stereocenters. The van der Waals surface area contributed by atoms with Crippen molar-refractivity contribution in [2.45, 2.75) is 44.9 Å². The summed E-state index contributed by atoms with van der Waals surface area (Å²) in [6.45, 7) is 7.14. The van der Waals surface area contributed by atoms with E-state index in [-0.39, 0.29) is 11.9 Å². The van der Waals surface area contributed by atoms with Gasteiger partial charge in [0.25, 0.3) is 0 Å². The molecule has 1 N–H and O–H groups in total. The largest absolute Gasteiger partial charge is 0.350 e. The lowest BCUT2D eigenvalue weighted by Gasteiger charge is -2.32. The molecule has 3 unspecified atom stereocenters. The fraction of sp³-hybridized carbons (Fsp3) is 0.611. The van der Waals surface area contributed by atoms with Crippen LogP contribution < -0.4 is 15.1 Å². The minimum Gasteiger partial charge on any atom is -0.350 e. The van der Waals surface area contributed by atoms with Crippen molar-refractivity contribution in [2.24, 2.45) is 0 Å². The summed E-state index contributed by atoms with van der Waals surface area (Å²) in [7, 11) is 1.94. The summed E-state index contributed by atoms with van der Waals surface area (Å²) >= 11 is 0. The summed E-state index contributed by atoms with van der Waals surface area (Å²) in [5.74, 6) is 1.99. The predicted molar refractivity (Wildman–Crippen MR) is 97.7 cm³/mol. The molecule has 25 heavy (non-hydrogen) atoms. The molecule has 4 rings (SSSR count). The highest BCUT2D eigenvalue weighted by Gasteiger charge is 2.35. The molecule has 1 fully saturated rings. The Kier molecular flexibility index (Phi) is 4.11. The molecular formula is C18H26N6O. The molecule has 0 aliphatic carbocycles. The van der Waals surface area contributed by atoms with Crippen molar-refractivity contribution in [2.75, 3.05) is 36.5 Å². The van der Waals surface area contributed by atoms with Gasteiger partial charge in [-0.1, -0.05) is 12.2 Å². The minimum atomic E-state index is 0.167. The van der Waals surface area contributed by atoms with Crippen LogP contribution in [0.4, 0.5) is 11.6 Å². The van der Waals surface area contributed by atoms with Gasteiger partial charge in [-0.15, -0.1) is 0 Å². The SMILES string of the molecule is CC1C=CC(C)N1c1ncnc2c1CN(C1CCNC1)C(=O)CN2C. The van der Waals surface area contributed by atoms with Gasteiger partial charge in [0, 0.05) is 31.7 Å². The Balaban J connectivity index is 1.76. The molecule has 7 nitrogen and oxygen atoms in total. The standard InChI is InChI=1S/C18H26N6O/c1-12-4-5-13(2)24(12)18-15-9-23(14-6-7-19-8-14)16(25)10-22(3)17(15)20-11-21-18/h4-5,11-14,19H,6-10H2,1-3H3. The number of nitrogens with one attached hydrogen (secondary N) is 1. The molecule has 1 aromatic rings. The number of anilines is 2. The lowest BCUT2D eigenvalue weighted by Crippen LogP contribution is -2.43. The van der Waals surface area contributed by atoms with E-state index in [0.29, 0.717) is 25.2 Å². The highest BCUT2D eigenvalue weighted by Crippen LogP contribution is 2.34. The van der Waals surface area contributed by atoms with E-state index in [0.717, 1.165) is 36.7 Å². The van der Waals surface area contributed by atoms with Crippen molar-refractivity contribution in [3.05, 3.63) is 24.0 Å². The Labute approximate surface area is 148 Å². The molecule has 0 radical (unpaired) electrons. The van der Waals surface area contributed by atoms with E-state index in [2.05, 4.69) is 46.2 Å². The number of hydrogen-bond acceptors (Lipinski definition) is 6. The summed E-state index contributed by atoms with van der Waals surface area (Å²) in [6, 6.07) is 0.839. The first-order valence-corrected chi connectivity index (χ1v) is 9.08. The first-order chi connectivity index (χ1) is 12.1. The maximum absolute atomic E-state index is 12.8. The van der Waals surface area contributed by atoms with Crippen LogP contribution in [0, 0.1) is 0 Å². The van der Waals surface area contributed by atoms with Gasteiger partial charge in [-0.25, -0.2) is 9.97 Å². The minimum absolute atomic E-state index is 0.167. The monoisotopic (exact) mass is 342 g/mol. The van der Waals surface area contributed by atoms with Gasteiger partial charge in [-0.2, -0.15) is 0 Å². The fourth-order valence-corrected chi connectivity index (χ4v) is 4.22. The summed E-state index contributed by atoms with van der Waals surface area (Å²) in [5, 5.41) is 3.37. The number of hydrogen-bond donors (Lipinski definition) is 1. The van der Waals surface area contributed by atoms with Crippen LogP contribution in [-0.4, -0.2) is 65.6 Å². The van der Waals surface area contributed by atoms with Crippen molar-refractivity contribution in [3.63, 3.8) is 0 Å². The van der Waals surface area contributed by atoms with Gasteiger partial charge < -0.3 is 20.0 Å². The first kappa shape index (κ1) is 16.3. The van der Waals surface area contributed by atoms with E-state index in [1.807, 2.05) is 16.8 Å². The molecule has 1 amide bonds. The summed E-state index contributed by atoms with van der Waals surface area (Å²) in [6.07, 6.45) is 7.05. The molecule has 3 aliphatic rings. The molecule has 134 valence electrons. The van der Waals surface area contributed by atoms with E-state index >= 15 is 0 Å². The molecular weight excluding hydrogens is 316 g/mol. The number of rotatable bonds is 2. The van der Waals surface area contributed by atoms with Crippen LogP contribution >= 0.6 is 0 Å². The lowest BCUT2D eigenvalue weighted by molar-refractivity contribution is -0.132. The fourth-order valence-electron chi connectivity index (χ4n) is 4.22. The van der Waals surface area contributed by atoms with Crippen LogP contribution in [0.2, 0.25) is 0 Å². The Morgan fingerprint density at radius 3 is 2.52 bits per heavy atom. The normalized spacial score (nSPS) is 29.3. The van der Waals surface area contributed by atoms with Crippen molar-refractivity contribution < 1.29 is 4.79 Å². The van der Waals surface area contributed by atoms with E-state index in [1.165, 1.54) is 0 Å². The average molecular weight is 342 g/mol. The smallest absolute Gasteiger partial charge is 0.242 e. The Morgan fingerprint density at radius 1 is 1.12 bits per heavy atom. The lowest BCUT2D eigenvalue weighted by atomic mass is 10.1. The number of carbonyl (C=O) groups excluding carboxylic acids is 1. The first-order valence-electron chi connectivity index (χ1n) is 9.08. The Bertz CT molecular complexity index is 687. The number of aromatic nitrogens is 2. The third kappa shape index (κ3) is 2.76. The summed E-state index contributed by atoms with van der Waals surface area (Å²) in [5.41, 5.74) is 1.06. The summed E-state index contributed by atoms with van der Waals surface area (Å²) in [4.78, 5) is 28.3. The highest BCUT2D eigenvalue weighted by molar-refractivity contribution is 5.84. The van der Waals surface area contributed by atoms with Crippen LogP contribution in [0.25, 0.3) is 0 Å². The molecule has 3 aliphatic heterocycles. The van der Waals surface area contributed by atoms with Crippen LogP contribution in [0.15, 0.2) is 18.5 Å². The molecule has 1 saturated heterocycles. The molecule has 4 heterocycles. The Morgan fingerprint density at radius 2 is 1.84 bits per heavy atom. The van der Waals surface area contributed by atoms with Gasteiger partial charge in [0.1, 0.15) is 18.0 Å². The predicted octanol–water partition coefficient (Wildman–Crippen LogP) is 0.770. The molecule has 7 heteroatoms. The van der Waals surface area contributed by atoms with Crippen molar-refractivity contribution >= 4 is 17.5 Å². The quantitative estimate of drug-likeness (QED) is 0.801. The Hall–Kier alpha value is -2.15. The topological polar surface area (TPSA) is 64.6 Å². The van der Waals surface area contributed by atoms with Crippen molar-refractivity contribution in [1.82, 2.24) is 20.2 Å². The van der Waals surface area contributed by atoms with Crippen LogP contribution in [0.1, 0.15) is 25.8 Å². The molecule has 0 saturated carbocycles. The maximum Gasteiger partial charge on any atom is 0.242 e. The second-order valence-corrected chi connectivity index (χ2v) is 7.30. The zero-order valence-corrected chi connectivity index (χ0v) is 15.1. The molecule has 0 spiro atoms. The van der Waals surface area contributed by atoms with Gasteiger partial charge in [-0.3, -0.25) is 4.79 Å². The van der Waals surface area contributed by atoms with Gasteiger partial charge in [0.15, 0.2) is 0 Å². The number of carbonyl (C=O) groups is 1. The molecule has 0 bridgehead atoms. The van der Waals surface area contributed by atoms with E-state index in [4.69, 9.17) is 0 Å². The second kappa shape index (κ2) is 6.29. The van der Waals surface area contributed by atoms with Gasteiger partial charge in [-0.05, 0) is 26.8 Å². The summed E-state index contributed by atoms with van der Waals surface area (Å²) < 4.78 is 0. The number of likely N-dealkylation sites (N-methyl/N-ethyl adjacent to an activating group) is 1. The average Bonchev–Trinajstić information content (AvgIpc) is 3.20. The molecule has 0 aromatic carbocycles.